The van der Waals surface area contributed by atoms with Crippen LogP contribution in [0, 0.1) is 18.3 Å². The smallest absolute Gasteiger partial charge is 0.129 e. The van der Waals surface area contributed by atoms with E-state index in [9.17, 15) is 5.26 Å². The van der Waals surface area contributed by atoms with Crippen LogP contribution < -0.4 is 5.73 Å². The summed E-state index contributed by atoms with van der Waals surface area (Å²) in [5.74, 6) is 0. The number of nitrogens with zero attached hydrogens (tertiary/aromatic N) is 2. The van der Waals surface area contributed by atoms with Crippen molar-refractivity contribution in [2.75, 3.05) is 5.73 Å². The summed E-state index contributed by atoms with van der Waals surface area (Å²) in [6.45, 7) is 2.07. The van der Waals surface area contributed by atoms with E-state index in [4.69, 9.17) is 5.73 Å². The maximum Gasteiger partial charge on any atom is 0.129 e. The summed E-state index contributed by atoms with van der Waals surface area (Å²) in [4.78, 5) is 8.13. The lowest BCUT2D eigenvalue weighted by molar-refractivity contribution is 1.33. The lowest BCUT2D eigenvalue weighted by Crippen LogP contribution is -1.89. The van der Waals surface area contributed by atoms with E-state index in [1.54, 1.807) is 23.7 Å². The molecule has 5 heteroatoms. The topological polar surface area (TPSA) is 62.7 Å². The molecule has 0 aliphatic carbocycles. The zero-order chi connectivity index (χ0) is 14.1. The van der Waals surface area contributed by atoms with Gasteiger partial charge in [-0.3, -0.25) is 4.98 Å². The number of hydrogen-bond acceptors (Lipinski definition) is 5. The summed E-state index contributed by atoms with van der Waals surface area (Å²) in [6.07, 6.45) is 3.51. The largest absolute Gasteiger partial charge is 0.396 e. The second-order valence-electron chi connectivity index (χ2n) is 4.31. The molecule has 98 valence electrons. The molecule has 0 bridgehead atoms. The van der Waals surface area contributed by atoms with E-state index >= 15 is 0 Å². The highest BCUT2D eigenvalue weighted by Gasteiger charge is 2.19. The highest BCUT2D eigenvalue weighted by molar-refractivity contribution is 7.23. The predicted molar refractivity (Wildman–Crippen MR) is 84.7 cm³/mol. The van der Waals surface area contributed by atoms with Crippen LogP contribution in [-0.2, 0) is 0 Å². The molecule has 2 N–H and O–H groups in total. The fourth-order valence-electron chi connectivity index (χ4n) is 2.05. The van der Waals surface area contributed by atoms with Crippen LogP contribution in [0.15, 0.2) is 36.7 Å². The van der Waals surface area contributed by atoms with Gasteiger partial charge in [-0.1, -0.05) is 6.07 Å². The van der Waals surface area contributed by atoms with Gasteiger partial charge in [0.15, 0.2) is 0 Å². The number of rotatable bonds is 2. The molecule has 0 fully saturated rings. The van der Waals surface area contributed by atoms with Crippen LogP contribution >= 0.6 is 22.7 Å². The maximum absolute atomic E-state index is 9.22. The van der Waals surface area contributed by atoms with Crippen molar-refractivity contribution < 1.29 is 0 Å². The van der Waals surface area contributed by atoms with E-state index < -0.39 is 0 Å². The molecule has 3 aromatic rings. The Kier molecular flexibility index (Phi) is 3.26. The second-order valence-corrected chi connectivity index (χ2v) is 6.62. The third-order valence-corrected chi connectivity index (χ3v) is 5.25. The van der Waals surface area contributed by atoms with E-state index in [2.05, 4.69) is 30.1 Å². The van der Waals surface area contributed by atoms with Crippen LogP contribution in [0.5, 0.6) is 0 Å². The van der Waals surface area contributed by atoms with Crippen molar-refractivity contribution in [3.8, 4) is 27.0 Å². The Labute approximate surface area is 125 Å². The second kappa shape index (κ2) is 5.08. The van der Waals surface area contributed by atoms with Gasteiger partial charge in [0.05, 0.1) is 10.6 Å². The number of nitrogen functional groups attached to an aromatic ring is 1. The molecule has 0 atom stereocenters. The Morgan fingerprint density at radius 3 is 2.70 bits per heavy atom. The monoisotopic (exact) mass is 297 g/mol. The summed E-state index contributed by atoms with van der Waals surface area (Å²) in [5, 5.41) is 9.22. The van der Waals surface area contributed by atoms with Gasteiger partial charge in [-0.25, -0.2) is 0 Å². The first-order valence-electron chi connectivity index (χ1n) is 6.00. The van der Waals surface area contributed by atoms with Gasteiger partial charge in [-0.2, -0.15) is 5.26 Å². The Balaban J connectivity index is 2.28. The van der Waals surface area contributed by atoms with Gasteiger partial charge < -0.3 is 5.73 Å². The van der Waals surface area contributed by atoms with Crippen LogP contribution in [0.4, 0.5) is 5.69 Å². The lowest BCUT2D eigenvalue weighted by atomic mass is 10.1. The summed E-state index contributed by atoms with van der Waals surface area (Å²) >= 11 is 3.15. The van der Waals surface area contributed by atoms with E-state index in [0.717, 1.165) is 20.9 Å². The van der Waals surface area contributed by atoms with Crippen LogP contribution in [0.2, 0.25) is 0 Å². The van der Waals surface area contributed by atoms with Gasteiger partial charge in [0, 0.05) is 33.3 Å². The third kappa shape index (κ3) is 2.09. The summed E-state index contributed by atoms with van der Waals surface area (Å²) in [6, 6.07) is 10.2. The minimum absolute atomic E-state index is 0.548. The molecule has 3 heterocycles. The van der Waals surface area contributed by atoms with Crippen molar-refractivity contribution in [3.63, 3.8) is 0 Å². The Bertz CT molecular complexity index is 794. The molecule has 0 amide bonds. The molecule has 3 nitrogen and oxygen atoms in total. The Hall–Kier alpha value is -2.16. The van der Waals surface area contributed by atoms with Crippen molar-refractivity contribution in [2.24, 2.45) is 0 Å². The SMILES string of the molecule is Cc1ccc(-c2sc(C#N)c(N)c2-c2cccnc2)s1. The van der Waals surface area contributed by atoms with E-state index in [1.807, 2.05) is 12.1 Å². The molecule has 20 heavy (non-hydrogen) atoms. The highest BCUT2D eigenvalue weighted by atomic mass is 32.1. The van der Waals surface area contributed by atoms with Gasteiger partial charge >= 0.3 is 0 Å². The molecule has 0 aliphatic heterocycles. The summed E-state index contributed by atoms with van der Waals surface area (Å²) < 4.78 is 0. The van der Waals surface area contributed by atoms with Crippen molar-refractivity contribution in [1.29, 1.82) is 5.26 Å². The standard InChI is InChI=1S/C15H11N3S2/c1-9-4-5-11(19-9)15-13(10-3-2-6-18-8-10)14(17)12(7-16)20-15/h2-6,8H,17H2,1H3. The zero-order valence-electron chi connectivity index (χ0n) is 10.8. The Morgan fingerprint density at radius 2 is 2.10 bits per heavy atom. The van der Waals surface area contributed by atoms with Crippen molar-refractivity contribution in [2.45, 2.75) is 6.92 Å². The molecule has 0 aliphatic rings. The maximum atomic E-state index is 9.22. The molecule has 0 aromatic carbocycles. The molecular formula is C15H11N3S2. The third-order valence-electron chi connectivity index (χ3n) is 2.96. The van der Waals surface area contributed by atoms with Crippen molar-refractivity contribution >= 4 is 28.4 Å². The molecule has 0 spiro atoms. The average molecular weight is 297 g/mol. The molecule has 3 aromatic heterocycles. The molecular weight excluding hydrogens is 286 g/mol. The number of hydrogen-bond donors (Lipinski definition) is 1. The van der Waals surface area contributed by atoms with Gasteiger partial charge in [-0.05, 0) is 25.1 Å². The van der Waals surface area contributed by atoms with Crippen LogP contribution in [0.3, 0.4) is 0 Å². The number of aryl methyl sites for hydroxylation is 1. The zero-order valence-corrected chi connectivity index (χ0v) is 12.4. The number of nitrogens with two attached hydrogens (primary N) is 1. The van der Waals surface area contributed by atoms with Gasteiger partial charge in [0.2, 0.25) is 0 Å². The average Bonchev–Trinajstić information content (AvgIpc) is 3.03. The first-order chi connectivity index (χ1) is 9.70. The highest BCUT2D eigenvalue weighted by Crippen LogP contribution is 2.46. The number of aromatic nitrogens is 1. The molecule has 0 unspecified atom stereocenters. The Morgan fingerprint density at radius 1 is 1.25 bits per heavy atom. The van der Waals surface area contributed by atoms with Gasteiger partial charge in [-0.15, -0.1) is 22.7 Å². The first-order valence-corrected chi connectivity index (χ1v) is 7.63. The number of anilines is 1. The normalized spacial score (nSPS) is 10.4. The van der Waals surface area contributed by atoms with E-state index in [0.29, 0.717) is 10.6 Å². The summed E-state index contributed by atoms with van der Waals surface area (Å²) in [5.41, 5.74) is 8.57. The number of pyridine rings is 1. The van der Waals surface area contributed by atoms with E-state index in [1.165, 1.54) is 16.2 Å². The minimum atomic E-state index is 0.548. The van der Waals surface area contributed by atoms with Gasteiger partial charge in [0.1, 0.15) is 10.9 Å². The number of thiophene rings is 2. The van der Waals surface area contributed by atoms with Crippen LogP contribution in [-0.4, -0.2) is 4.98 Å². The fourth-order valence-corrected chi connectivity index (χ4v) is 4.08. The predicted octanol–water partition coefficient (Wildman–Crippen LogP) is 4.30. The van der Waals surface area contributed by atoms with Crippen LogP contribution in [0.1, 0.15) is 9.75 Å². The molecule has 0 saturated heterocycles. The lowest BCUT2D eigenvalue weighted by Gasteiger charge is -2.03. The van der Waals surface area contributed by atoms with Gasteiger partial charge in [0.25, 0.3) is 0 Å². The quantitative estimate of drug-likeness (QED) is 0.767. The first kappa shape index (κ1) is 12.9. The summed E-state index contributed by atoms with van der Waals surface area (Å²) in [7, 11) is 0. The van der Waals surface area contributed by atoms with Crippen molar-refractivity contribution in [3.05, 3.63) is 46.4 Å². The fraction of sp³-hybridized carbons (Fsp3) is 0.0667. The minimum Gasteiger partial charge on any atom is -0.396 e. The number of nitriles is 1. The molecule has 3 rings (SSSR count). The van der Waals surface area contributed by atoms with Crippen LogP contribution in [0.25, 0.3) is 20.9 Å². The van der Waals surface area contributed by atoms with E-state index in [-0.39, 0.29) is 0 Å². The van der Waals surface area contributed by atoms with Crippen molar-refractivity contribution in [1.82, 2.24) is 4.98 Å². The molecule has 0 saturated carbocycles. The molecule has 0 radical (unpaired) electrons.